The summed E-state index contributed by atoms with van der Waals surface area (Å²) < 4.78 is 0. The van der Waals surface area contributed by atoms with Gasteiger partial charge in [0, 0.05) is 0 Å². The Morgan fingerprint density at radius 1 is 1.83 bits per heavy atom. The maximum absolute atomic E-state index is 9.34. The lowest BCUT2D eigenvalue weighted by Crippen LogP contribution is -2.14. The summed E-state index contributed by atoms with van der Waals surface area (Å²) in [6, 6.07) is 0. The van der Waals surface area contributed by atoms with E-state index in [9.17, 15) is 4.79 Å². The Labute approximate surface area is 41.6 Å². The summed E-state index contributed by atoms with van der Waals surface area (Å²) in [5.74, 6) is -0.690. The van der Waals surface area contributed by atoms with Gasteiger partial charge in [-0.2, -0.15) is 0 Å². The highest BCUT2D eigenvalue weighted by Gasteiger charge is 1.78. The van der Waals surface area contributed by atoms with Crippen molar-refractivity contribution in [3.8, 4) is 0 Å². The van der Waals surface area contributed by atoms with Gasteiger partial charge in [-0.05, 0) is 0 Å². The number of halogens is 1. The molecule has 0 bridgehead atoms. The fraction of sp³-hybridized carbons (Fsp3) is 0.500. The fourth-order valence-corrected chi connectivity index (χ4v) is 0. The fourth-order valence-electron chi connectivity index (χ4n) is 0. The van der Waals surface area contributed by atoms with Crippen LogP contribution in [-0.2, 0) is 4.79 Å². The van der Waals surface area contributed by atoms with Crippen molar-refractivity contribution in [3.05, 3.63) is 0 Å². The SMILES string of the molecule is Cl.NC(=O)CO. The Hall–Kier alpha value is -0.280. The van der Waals surface area contributed by atoms with Crippen molar-refractivity contribution in [2.45, 2.75) is 0 Å². The zero-order valence-corrected chi connectivity index (χ0v) is 3.86. The maximum Gasteiger partial charge on any atom is 0.243 e. The van der Waals surface area contributed by atoms with Crippen molar-refractivity contribution in [2.24, 2.45) is 5.73 Å². The van der Waals surface area contributed by atoms with Crippen LogP contribution in [0.3, 0.4) is 0 Å². The number of hydrogen-bond acceptors (Lipinski definition) is 2. The van der Waals surface area contributed by atoms with Gasteiger partial charge in [0.2, 0.25) is 5.91 Å². The molecule has 38 valence electrons. The maximum atomic E-state index is 9.34. The van der Waals surface area contributed by atoms with E-state index < -0.39 is 12.5 Å². The van der Waals surface area contributed by atoms with E-state index in [4.69, 9.17) is 5.11 Å². The third kappa shape index (κ3) is 9.30. The molecule has 1 amide bonds. The lowest BCUT2D eigenvalue weighted by molar-refractivity contribution is -0.120. The molecule has 0 radical (unpaired) electrons. The molecule has 0 fully saturated rings. The molecule has 0 atom stereocenters. The van der Waals surface area contributed by atoms with Gasteiger partial charge >= 0.3 is 0 Å². The van der Waals surface area contributed by atoms with E-state index in [0.29, 0.717) is 0 Å². The third-order valence-corrected chi connectivity index (χ3v) is 0.156. The average molecular weight is 112 g/mol. The molecule has 0 saturated carbocycles. The molecule has 6 heavy (non-hydrogen) atoms. The summed E-state index contributed by atoms with van der Waals surface area (Å²) >= 11 is 0. The van der Waals surface area contributed by atoms with Crippen LogP contribution in [0.5, 0.6) is 0 Å². The summed E-state index contributed by atoms with van der Waals surface area (Å²) in [5.41, 5.74) is 4.40. The summed E-state index contributed by atoms with van der Waals surface area (Å²) in [6.07, 6.45) is 0. The number of rotatable bonds is 1. The minimum atomic E-state index is -0.690. The molecule has 0 rings (SSSR count). The molecular formula is C2H6ClNO2. The topological polar surface area (TPSA) is 63.3 Å². The molecule has 0 aliphatic heterocycles. The molecule has 0 unspecified atom stereocenters. The van der Waals surface area contributed by atoms with E-state index in [2.05, 4.69) is 5.73 Å². The highest BCUT2D eigenvalue weighted by atomic mass is 35.5. The van der Waals surface area contributed by atoms with E-state index in [1.54, 1.807) is 0 Å². The lowest BCUT2D eigenvalue weighted by Gasteiger charge is -1.73. The van der Waals surface area contributed by atoms with Crippen LogP contribution in [-0.4, -0.2) is 17.6 Å². The van der Waals surface area contributed by atoms with Crippen LogP contribution >= 0.6 is 12.4 Å². The molecule has 3 nitrogen and oxygen atoms in total. The molecule has 0 heterocycles. The number of nitrogens with two attached hydrogens (primary N) is 1. The van der Waals surface area contributed by atoms with Gasteiger partial charge in [-0.3, -0.25) is 4.79 Å². The smallest absolute Gasteiger partial charge is 0.243 e. The second-order valence-corrected chi connectivity index (χ2v) is 0.624. The van der Waals surface area contributed by atoms with E-state index in [1.807, 2.05) is 0 Å². The van der Waals surface area contributed by atoms with Crippen LogP contribution in [0.15, 0.2) is 0 Å². The number of aliphatic hydroxyl groups excluding tert-OH is 1. The molecule has 0 aromatic rings. The molecule has 0 aromatic heterocycles. The van der Waals surface area contributed by atoms with Crippen molar-refractivity contribution < 1.29 is 9.90 Å². The monoisotopic (exact) mass is 111 g/mol. The second kappa shape index (κ2) is 4.72. The molecule has 3 N–H and O–H groups in total. The molecule has 0 spiro atoms. The van der Waals surface area contributed by atoms with E-state index in [-0.39, 0.29) is 12.4 Å². The van der Waals surface area contributed by atoms with Gasteiger partial charge in [0.15, 0.2) is 0 Å². The van der Waals surface area contributed by atoms with Crippen molar-refractivity contribution in [2.75, 3.05) is 6.61 Å². The first kappa shape index (κ1) is 9.21. The number of amides is 1. The van der Waals surface area contributed by atoms with Crippen molar-refractivity contribution in [1.29, 1.82) is 0 Å². The van der Waals surface area contributed by atoms with Crippen LogP contribution in [0.25, 0.3) is 0 Å². The minimum Gasteiger partial charge on any atom is -0.387 e. The van der Waals surface area contributed by atoms with Gasteiger partial charge in [0.1, 0.15) is 6.61 Å². The number of aliphatic hydroxyl groups is 1. The highest BCUT2D eigenvalue weighted by molar-refractivity contribution is 5.85. The first-order chi connectivity index (χ1) is 2.27. The summed E-state index contributed by atoms with van der Waals surface area (Å²) in [6.45, 7) is -0.556. The van der Waals surface area contributed by atoms with Crippen LogP contribution in [0.2, 0.25) is 0 Å². The lowest BCUT2D eigenvalue weighted by atomic mass is 10.7. The van der Waals surface area contributed by atoms with E-state index in [0.717, 1.165) is 0 Å². The Balaban J connectivity index is 0. The quantitative estimate of drug-likeness (QED) is 0.451. The Morgan fingerprint density at radius 3 is 2.00 bits per heavy atom. The molecule has 0 aliphatic rings. The van der Waals surface area contributed by atoms with Crippen molar-refractivity contribution >= 4 is 18.3 Å². The first-order valence-electron chi connectivity index (χ1n) is 1.16. The zero-order chi connectivity index (χ0) is 4.28. The predicted molar refractivity (Wildman–Crippen MR) is 23.5 cm³/mol. The Bertz CT molecular complexity index is 46.8. The third-order valence-electron chi connectivity index (χ3n) is 0.156. The average Bonchev–Trinajstić information content (AvgIpc) is 1.38. The second-order valence-electron chi connectivity index (χ2n) is 0.624. The van der Waals surface area contributed by atoms with Crippen LogP contribution < -0.4 is 5.73 Å². The standard InChI is InChI=1S/C2H5NO2.ClH/c3-2(5)1-4;/h4H,1H2,(H2,3,5);1H. The number of carbonyl (C=O) groups excluding carboxylic acids is 1. The van der Waals surface area contributed by atoms with Crippen LogP contribution in [0, 0.1) is 0 Å². The predicted octanol–water partition coefficient (Wildman–Crippen LogP) is -1.11. The van der Waals surface area contributed by atoms with Crippen molar-refractivity contribution in [3.63, 3.8) is 0 Å². The molecule has 4 heteroatoms. The highest BCUT2D eigenvalue weighted by Crippen LogP contribution is 1.42. The van der Waals surface area contributed by atoms with Gasteiger partial charge in [0.25, 0.3) is 0 Å². The zero-order valence-electron chi connectivity index (χ0n) is 3.05. The summed E-state index contributed by atoms with van der Waals surface area (Å²) in [5, 5.41) is 7.67. The molecular weight excluding hydrogens is 105 g/mol. The van der Waals surface area contributed by atoms with Gasteiger partial charge in [0.05, 0.1) is 0 Å². The molecule has 0 aliphatic carbocycles. The summed E-state index contributed by atoms with van der Waals surface area (Å²) in [7, 11) is 0. The number of carbonyl (C=O) groups is 1. The Morgan fingerprint density at radius 2 is 2.00 bits per heavy atom. The van der Waals surface area contributed by atoms with Crippen molar-refractivity contribution in [1.82, 2.24) is 0 Å². The van der Waals surface area contributed by atoms with E-state index in [1.165, 1.54) is 0 Å². The molecule has 0 saturated heterocycles. The Kier molecular flexibility index (Phi) is 7.24. The largest absolute Gasteiger partial charge is 0.387 e. The van der Waals surface area contributed by atoms with E-state index >= 15 is 0 Å². The minimum absolute atomic E-state index is 0. The van der Waals surface area contributed by atoms with Gasteiger partial charge in [-0.25, -0.2) is 0 Å². The van der Waals surface area contributed by atoms with Gasteiger partial charge < -0.3 is 10.8 Å². The van der Waals surface area contributed by atoms with Crippen LogP contribution in [0.1, 0.15) is 0 Å². The van der Waals surface area contributed by atoms with Gasteiger partial charge in [-0.15, -0.1) is 12.4 Å². The van der Waals surface area contributed by atoms with Crippen LogP contribution in [0.4, 0.5) is 0 Å². The number of primary amides is 1. The van der Waals surface area contributed by atoms with Gasteiger partial charge in [-0.1, -0.05) is 0 Å². The first-order valence-corrected chi connectivity index (χ1v) is 1.16. The normalized spacial score (nSPS) is 6.17. The molecule has 0 aromatic carbocycles. The summed E-state index contributed by atoms with van der Waals surface area (Å²) in [4.78, 5) is 9.34. The number of hydrogen-bond donors (Lipinski definition) is 2.